The Kier molecular flexibility index (Phi) is 4.70. The molecule has 0 radical (unpaired) electrons. The minimum absolute atomic E-state index is 0.225. The largest absolute Gasteiger partial charge is 0.496 e. The average molecular weight is 325 g/mol. The molecular weight excluding hydrogens is 306 g/mol. The van der Waals surface area contributed by atoms with Gasteiger partial charge in [-0.2, -0.15) is 0 Å². The molecule has 1 aromatic heterocycles. The molecule has 5 nitrogen and oxygen atoms in total. The van der Waals surface area contributed by atoms with Crippen LogP contribution in [0, 0.1) is 0 Å². The molecule has 124 valence electrons. The third-order valence-electron chi connectivity index (χ3n) is 3.90. The molecule has 0 spiro atoms. The minimum atomic E-state index is -0.225. The number of para-hydroxylation sites is 1. The van der Waals surface area contributed by atoms with Crippen molar-refractivity contribution in [2.45, 2.75) is 6.42 Å². The zero-order chi connectivity index (χ0) is 16.9. The number of furan rings is 1. The second-order valence-electron chi connectivity index (χ2n) is 5.30. The number of methoxy groups -OCH3 is 2. The van der Waals surface area contributed by atoms with Crippen LogP contribution in [0.4, 0.5) is 0 Å². The summed E-state index contributed by atoms with van der Waals surface area (Å²) >= 11 is 0. The molecule has 0 saturated heterocycles. The summed E-state index contributed by atoms with van der Waals surface area (Å²) in [5.74, 6) is 0.748. The van der Waals surface area contributed by atoms with Crippen LogP contribution in [0.5, 0.6) is 11.5 Å². The van der Waals surface area contributed by atoms with Crippen LogP contribution in [-0.2, 0) is 6.42 Å². The van der Waals surface area contributed by atoms with Gasteiger partial charge in [-0.05, 0) is 30.2 Å². The lowest BCUT2D eigenvalue weighted by Gasteiger charge is -2.12. The summed E-state index contributed by atoms with van der Waals surface area (Å²) < 4.78 is 16.0. The van der Waals surface area contributed by atoms with Gasteiger partial charge in [-0.3, -0.25) is 4.79 Å². The topological polar surface area (TPSA) is 60.7 Å². The number of amides is 1. The Morgan fingerprint density at radius 3 is 2.46 bits per heavy atom. The molecule has 3 aromatic rings. The van der Waals surface area contributed by atoms with E-state index in [1.54, 1.807) is 24.5 Å². The molecule has 1 N–H and O–H groups in total. The molecule has 5 heteroatoms. The Bertz CT molecular complexity index is 831. The van der Waals surface area contributed by atoms with E-state index in [4.69, 9.17) is 13.9 Å². The molecule has 24 heavy (non-hydrogen) atoms. The van der Waals surface area contributed by atoms with Gasteiger partial charge in [0, 0.05) is 11.9 Å². The number of hydrogen-bond acceptors (Lipinski definition) is 4. The highest BCUT2D eigenvalue weighted by molar-refractivity contribution is 5.99. The molecule has 0 aliphatic carbocycles. The Balaban J connectivity index is 1.70. The van der Waals surface area contributed by atoms with Gasteiger partial charge in [0.25, 0.3) is 5.91 Å². The number of rotatable bonds is 6. The van der Waals surface area contributed by atoms with Crippen molar-refractivity contribution in [2.24, 2.45) is 0 Å². The smallest absolute Gasteiger partial charge is 0.258 e. The number of carbonyl (C=O) groups is 1. The molecular formula is C19H19NO4. The quantitative estimate of drug-likeness (QED) is 0.754. The first-order valence-corrected chi connectivity index (χ1v) is 7.69. The molecule has 1 heterocycles. The fourth-order valence-electron chi connectivity index (χ4n) is 2.70. The fraction of sp³-hybridized carbons (Fsp3) is 0.211. The Morgan fingerprint density at radius 2 is 1.75 bits per heavy atom. The zero-order valence-corrected chi connectivity index (χ0v) is 13.7. The highest BCUT2D eigenvalue weighted by Gasteiger charge is 2.17. The summed E-state index contributed by atoms with van der Waals surface area (Å²) in [4.78, 5) is 12.5. The van der Waals surface area contributed by atoms with Crippen LogP contribution in [0.25, 0.3) is 11.0 Å². The third-order valence-corrected chi connectivity index (χ3v) is 3.90. The number of fused-ring (bicyclic) bond motifs is 1. The molecule has 0 aliphatic rings. The van der Waals surface area contributed by atoms with Gasteiger partial charge < -0.3 is 19.2 Å². The van der Waals surface area contributed by atoms with E-state index in [0.29, 0.717) is 30.0 Å². The average Bonchev–Trinajstić information content (AvgIpc) is 3.04. The molecule has 0 saturated carbocycles. The minimum Gasteiger partial charge on any atom is -0.496 e. The van der Waals surface area contributed by atoms with E-state index in [2.05, 4.69) is 5.32 Å². The maximum atomic E-state index is 12.5. The summed E-state index contributed by atoms with van der Waals surface area (Å²) in [6.45, 7) is 0.490. The summed E-state index contributed by atoms with van der Waals surface area (Å²) in [7, 11) is 3.06. The number of nitrogens with one attached hydrogen (secondary N) is 1. The van der Waals surface area contributed by atoms with E-state index < -0.39 is 0 Å². The molecule has 0 unspecified atom stereocenters. The van der Waals surface area contributed by atoms with Gasteiger partial charge in [0.15, 0.2) is 0 Å². The number of benzene rings is 2. The molecule has 0 aliphatic heterocycles. The van der Waals surface area contributed by atoms with Crippen LogP contribution in [0.1, 0.15) is 15.9 Å². The van der Waals surface area contributed by atoms with Crippen LogP contribution in [0.2, 0.25) is 0 Å². The normalized spacial score (nSPS) is 10.6. The Morgan fingerprint density at radius 1 is 1.04 bits per heavy atom. The van der Waals surface area contributed by atoms with Crippen molar-refractivity contribution in [3.05, 3.63) is 59.9 Å². The number of ether oxygens (including phenoxy) is 2. The highest BCUT2D eigenvalue weighted by atomic mass is 16.5. The number of carbonyl (C=O) groups excluding carboxylic acids is 1. The summed E-state index contributed by atoms with van der Waals surface area (Å²) in [6, 6.07) is 13.1. The number of hydrogen-bond donors (Lipinski definition) is 1. The van der Waals surface area contributed by atoms with E-state index in [1.165, 1.54) is 14.2 Å². The van der Waals surface area contributed by atoms with Gasteiger partial charge in [-0.1, -0.05) is 24.3 Å². The Labute approximate surface area is 140 Å². The van der Waals surface area contributed by atoms with Crippen molar-refractivity contribution in [3.63, 3.8) is 0 Å². The first-order valence-electron chi connectivity index (χ1n) is 7.69. The van der Waals surface area contributed by atoms with Crippen LogP contribution in [0.15, 0.2) is 53.1 Å². The Hall–Kier alpha value is -2.95. The zero-order valence-electron chi connectivity index (χ0n) is 13.7. The van der Waals surface area contributed by atoms with Gasteiger partial charge in [-0.15, -0.1) is 0 Å². The van der Waals surface area contributed by atoms with E-state index in [-0.39, 0.29) is 5.91 Å². The SMILES string of the molecule is COc1cccc(OC)c1C(=O)NCCc1coc2ccccc12. The fourth-order valence-corrected chi connectivity index (χ4v) is 2.70. The van der Waals surface area contributed by atoms with E-state index >= 15 is 0 Å². The molecule has 3 rings (SSSR count). The summed E-state index contributed by atoms with van der Waals surface area (Å²) in [5, 5.41) is 3.98. The second-order valence-corrected chi connectivity index (χ2v) is 5.30. The lowest BCUT2D eigenvalue weighted by atomic mass is 10.1. The van der Waals surface area contributed by atoms with Crippen LogP contribution in [0.3, 0.4) is 0 Å². The highest BCUT2D eigenvalue weighted by Crippen LogP contribution is 2.28. The lowest BCUT2D eigenvalue weighted by molar-refractivity contribution is 0.0948. The van der Waals surface area contributed by atoms with Crippen LogP contribution >= 0.6 is 0 Å². The van der Waals surface area contributed by atoms with Gasteiger partial charge in [-0.25, -0.2) is 0 Å². The summed E-state index contributed by atoms with van der Waals surface area (Å²) in [6.07, 6.45) is 2.42. The predicted octanol–water partition coefficient (Wildman–Crippen LogP) is 3.42. The van der Waals surface area contributed by atoms with E-state index in [1.807, 2.05) is 24.3 Å². The van der Waals surface area contributed by atoms with Gasteiger partial charge >= 0.3 is 0 Å². The maximum Gasteiger partial charge on any atom is 0.258 e. The standard InChI is InChI=1S/C19H19NO4/c1-22-16-8-5-9-17(23-2)18(16)19(21)20-11-10-13-12-24-15-7-4-3-6-14(13)15/h3-9,12H,10-11H2,1-2H3,(H,20,21). The van der Waals surface area contributed by atoms with E-state index in [9.17, 15) is 4.79 Å². The van der Waals surface area contributed by atoms with Crippen molar-refractivity contribution in [1.29, 1.82) is 0 Å². The van der Waals surface area contributed by atoms with E-state index in [0.717, 1.165) is 16.5 Å². The molecule has 2 aromatic carbocycles. The first-order chi connectivity index (χ1) is 11.7. The maximum absolute atomic E-state index is 12.5. The molecule has 0 atom stereocenters. The first kappa shape index (κ1) is 15.9. The van der Waals surface area contributed by atoms with Crippen LogP contribution < -0.4 is 14.8 Å². The lowest BCUT2D eigenvalue weighted by Crippen LogP contribution is -2.26. The van der Waals surface area contributed by atoms with Gasteiger partial charge in [0.1, 0.15) is 22.6 Å². The predicted molar refractivity (Wildman–Crippen MR) is 91.8 cm³/mol. The monoisotopic (exact) mass is 325 g/mol. The van der Waals surface area contributed by atoms with Crippen molar-refractivity contribution in [2.75, 3.05) is 20.8 Å². The van der Waals surface area contributed by atoms with Crippen molar-refractivity contribution < 1.29 is 18.7 Å². The third kappa shape index (κ3) is 3.06. The van der Waals surface area contributed by atoms with Crippen molar-refractivity contribution >= 4 is 16.9 Å². The second kappa shape index (κ2) is 7.08. The van der Waals surface area contributed by atoms with Gasteiger partial charge in [0.05, 0.1) is 20.5 Å². The summed E-state index contributed by atoms with van der Waals surface area (Å²) in [5.41, 5.74) is 2.32. The van der Waals surface area contributed by atoms with Gasteiger partial charge in [0.2, 0.25) is 0 Å². The molecule has 0 fully saturated rings. The van der Waals surface area contributed by atoms with Crippen molar-refractivity contribution in [1.82, 2.24) is 5.32 Å². The van der Waals surface area contributed by atoms with Crippen molar-refractivity contribution in [3.8, 4) is 11.5 Å². The molecule has 1 amide bonds. The molecule has 0 bridgehead atoms. The van der Waals surface area contributed by atoms with Crippen LogP contribution in [-0.4, -0.2) is 26.7 Å².